The molecule has 0 bridgehead atoms. The Hall–Kier alpha value is -2.11. The van der Waals surface area contributed by atoms with Crippen LogP contribution in [0.25, 0.3) is 16.9 Å². The quantitative estimate of drug-likeness (QED) is 0.699. The van der Waals surface area contributed by atoms with Crippen molar-refractivity contribution in [1.29, 1.82) is 0 Å². The van der Waals surface area contributed by atoms with Gasteiger partial charge in [0.1, 0.15) is 5.82 Å². The summed E-state index contributed by atoms with van der Waals surface area (Å²) in [6, 6.07) is 11.8. The predicted molar refractivity (Wildman–Crippen MR) is 108 cm³/mol. The topological polar surface area (TPSA) is 46.7 Å². The molecule has 0 saturated carbocycles. The van der Waals surface area contributed by atoms with Crippen LogP contribution in [0.15, 0.2) is 36.4 Å². The molecular weight excluding hydrogens is 346 g/mol. The van der Waals surface area contributed by atoms with Crippen molar-refractivity contribution in [1.82, 2.24) is 14.6 Å². The number of anilines is 1. The molecule has 2 heterocycles. The largest absolute Gasteiger partial charge is 0.369 e. The molecular formula is C20H27ClN5+. The number of quaternary nitrogens is 1. The summed E-state index contributed by atoms with van der Waals surface area (Å²) in [7, 11) is 4.36. The molecule has 0 radical (unpaired) electrons. The van der Waals surface area contributed by atoms with Gasteiger partial charge in [-0.1, -0.05) is 37.6 Å². The number of hydrogen-bond acceptors (Lipinski definition) is 3. The van der Waals surface area contributed by atoms with Crippen molar-refractivity contribution in [2.24, 2.45) is 5.41 Å². The van der Waals surface area contributed by atoms with E-state index in [1.165, 1.54) is 4.90 Å². The average Bonchev–Trinajstić information content (AvgIpc) is 2.95. The maximum atomic E-state index is 6.13. The number of aromatic nitrogens is 3. The van der Waals surface area contributed by atoms with Crippen LogP contribution in [-0.2, 0) is 0 Å². The Morgan fingerprint density at radius 3 is 2.65 bits per heavy atom. The monoisotopic (exact) mass is 372 g/mol. The highest BCUT2D eigenvalue weighted by atomic mass is 35.5. The van der Waals surface area contributed by atoms with Crippen molar-refractivity contribution < 1.29 is 4.90 Å². The molecule has 2 N–H and O–H groups in total. The van der Waals surface area contributed by atoms with Crippen molar-refractivity contribution >= 4 is 23.1 Å². The van der Waals surface area contributed by atoms with E-state index in [1.807, 2.05) is 47.8 Å². The number of benzene rings is 1. The van der Waals surface area contributed by atoms with Gasteiger partial charge in [-0.05, 0) is 19.1 Å². The van der Waals surface area contributed by atoms with Crippen LogP contribution in [0.3, 0.4) is 0 Å². The first-order chi connectivity index (χ1) is 12.2. The molecule has 0 aliphatic heterocycles. The molecule has 0 aliphatic rings. The van der Waals surface area contributed by atoms with Gasteiger partial charge in [0.05, 0.1) is 26.3 Å². The SMILES string of the molecule is Cc1cc(NCC(C)(C)C[NH+](C)C)n2nc(-c3cccc(Cl)c3)cc2n1. The highest BCUT2D eigenvalue weighted by Gasteiger charge is 2.22. The van der Waals surface area contributed by atoms with E-state index in [-0.39, 0.29) is 5.41 Å². The van der Waals surface area contributed by atoms with Crippen molar-refractivity contribution in [3.8, 4) is 11.3 Å². The average molecular weight is 373 g/mol. The third-order valence-electron chi connectivity index (χ3n) is 4.26. The van der Waals surface area contributed by atoms with Crippen LogP contribution >= 0.6 is 11.6 Å². The zero-order chi connectivity index (χ0) is 18.9. The molecule has 0 unspecified atom stereocenters. The summed E-state index contributed by atoms with van der Waals surface area (Å²) in [6.45, 7) is 8.51. The fraction of sp³-hybridized carbons (Fsp3) is 0.400. The number of nitrogens with zero attached hydrogens (tertiary/aromatic N) is 3. The van der Waals surface area contributed by atoms with Gasteiger partial charge >= 0.3 is 0 Å². The van der Waals surface area contributed by atoms with Crippen molar-refractivity contribution in [3.05, 3.63) is 47.1 Å². The Morgan fingerprint density at radius 1 is 1.19 bits per heavy atom. The lowest BCUT2D eigenvalue weighted by Crippen LogP contribution is -3.07. The van der Waals surface area contributed by atoms with E-state index in [1.54, 1.807) is 0 Å². The van der Waals surface area contributed by atoms with E-state index in [0.29, 0.717) is 5.02 Å². The fourth-order valence-corrected chi connectivity index (χ4v) is 3.55. The maximum absolute atomic E-state index is 6.13. The molecule has 0 saturated heterocycles. The van der Waals surface area contributed by atoms with E-state index in [9.17, 15) is 0 Å². The van der Waals surface area contributed by atoms with Gasteiger partial charge in [0, 0.05) is 40.4 Å². The third-order valence-corrected chi connectivity index (χ3v) is 4.49. The summed E-state index contributed by atoms with van der Waals surface area (Å²) in [5, 5.41) is 9.03. The first-order valence-electron chi connectivity index (χ1n) is 8.90. The van der Waals surface area contributed by atoms with Crippen molar-refractivity contribution in [2.75, 3.05) is 32.5 Å². The first-order valence-corrected chi connectivity index (χ1v) is 9.28. The van der Waals surface area contributed by atoms with Crippen LogP contribution in [0, 0.1) is 12.3 Å². The van der Waals surface area contributed by atoms with Crippen LogP contribution in [0.5, 0.6) is 0 Å². The van der Waals surface area contributed by atoms with Gasteiger partial charge < -0.3 is 10.2 Å². The van der Waals surface area contributed by atoms with E-state index < -0.39 is 0 Å². The Kier molecular flexibility index (Phi) is 5.21. The summed E-state index contributed by atoms with van der Waals surface area (Å²) in [6.07, 6.45) is 0. The maximum Gasteiger partial charge on any atom is 0.158 e. The van der Waals surface area contributed by atoms with E-state index in [2.05, 4.69) is 38.2 Å². The van der Waals surface area contributed by atoms with Gasteiger partial charge in [-0.2, -0.15) is 9.61 Å². The number of halogens is 1. The normalized spacial score (nSPS) is 12.1. The molecule has 0 spiro atoms. The third kappa shape index (κ3) is 4.34. The Labute approximate surface area is 160 Å². The van der Waals surface area contributed by atoms with Gasteiger partial charge in [0.2, 0.25) is 0 Å². The highest BCUT2D eigenvalue weighted by Crippen LogP contribution is 2.24. The zero-order valence-corrected chi connectivity index (χ0v) is 16.9. The second-order valence-corrected chi connectivity index (χ2v) is 8.43. The second kappa shape index (κ2) is 7.25. The second-order valence-electron chi connectivity index (χ2n) is 7.99. The lowest BCUT2D eigenvalue weighted by atomic mass is 9.93. The smallest absolute Gasteiger partial charge is 0.158 e. The van der Waals surface area contributed by atoms with Gasteiger partial charge in [-0.3, -0.25) is 0 Å². The molecule has 26 heavy (non-hydrogen) atoms. The number of fused-ring (bicyclic) bond motifs is 1. The lowest BCUT2D eigenvalue weighted by molar-refractivity contribution is -0.865. The van der Waals surface area contributed by atoms with Crippen LogP contribution in [-0.4, -0.2) is 41.8 Å². The van der Waals surface area contributed by atoms with Gasteiger partial charge in [0.15, 0.2) is 5.65 Å². The molecule has 5 nitrogen and oxygen atoms in total. The number of rotatable bonds is 6. The molecule has 2 aromatic heterocycles. The summed E-state index contributed by atoms with van der Waals surface area (Å²) in [5.74, 6) is 0.961. The van der Waals surface area contributed by atoms with E-state index in [0.717, 1.165) is 41.5 Å². The summed E-state index contributed by atoms with van der Waals surface area (Å²) >= 11 is 6.13. The summed E-state index contributed by atoms with van der Waals surface area (Å²) in [5.41, 5.74) is 3.83. The Balaban J connectivity index is 1.93. The minimum absolute atomic E-state index is 0.172. The van der Waals surface area contributed by atoms with Crippen molar-refractivity contribution in [2.45, 2.75) is 20.8 Å². The Morgan fingerprint density at radius 2 is 1.96 bits per heavy atom. The van der Waals surface area contributed by atoms with Crippen LogP contribution in [0.4, 0.5) is 5.82 Å². The molecule has 0 atom stereocenters. The minimum Gasteiger partial charge on any atom is -0.369 e. The molecule has 0 fully saturated rings. The van der Waals surface area contributed by atoms with Gasteiger partial charge in [0.25, 0.3) is 0 Å². The van der Waals surface area contributed by atoms with Gasteiger partial charge in [-0.25, -0.2) is 4.98 Å². The fourth-order valence-electron chi connectivity index (χ4n) is 3.36. The molecule has 138 valence electrons. The molecule has 6 heteroatoms. The van der Waals surface area contributed by atoms with Crippen molar-refractivity contribution in [3.63, 3.8) is 0 Å². The van der Waals surface area contributed by atoms with E-state index in [4.69, 9.17) is 16.7 Å². The summed E-state index contributed by atoms with van der Waals surface area (Å²) in [4.78, 5) is 6.06. The number of hydrogen-bond donors (Lipinski definition) is 2. The highest BCUT2D eigenvalue weighted by molar-refractivity contribution is 6.30. The minimum atomic E-state index is 0.172. The predicted octanol–water partition coefficient (Wildman–Crippen LogP) is 2.94. The van der Waals surface area contributed by atoms with Crippen LogP contribution < -0.4 is 10.2 Å². The molecule has 0 aliphatic carbocycles. The summed E-state index contributed by atoms with van der Waals surface area (Å²) < 4.78 is 1.88. The zero-order valence-electron chi connectivity index (χ0n) is 16.1. The standard InChI is InChI=1S/C20H26ClN5/c1-14-9-18(22-12-20(2,3)13-25(4)5)26-19(23-14)11-17(24-26)15-7-6-8-16(21)10-15/h6-11,22H,12-13H2,1-5H3/p+1. The lowest BCUT2D eigenvalue weighted by Gasteiger charge is -2.26. The molecule has 1 aromatic carbocycles. The first kappa shape index (κ1) is 18.7. The number of nitrogens with one attached hydrogen (secondary N) is 2. The molecule has 3 aromatic rings. The molecule has 3 rings (SSSR count). The Bertz CT molecular complexity index is 914. The van der Waals surface area contributed by atoms with Crippen LogP contribution in [0.2, 0.25) is 5.02 Å². The van der Waals surface area contributed by atoms with Crippen LogP contribution in [0.1, 0.15) is 19.5 Å². The van der Waals surface area contributed by atoms with E-state index >= 15 is 0 Å². The number of aryl methyl sites for hydroxylation is 1. The van der Waals surface area contributed by atoms with Gasteiger partial charge in [-0.15, -0.1) is 0 Å². The molecule has 0 amide bonds.